The first-order chi connectivity index (χ1) is 12.6. The first-order valence-corrected chi connectivity index (χ1v) is 9.54. The molecule has 0 amide bonds. The van der Waals surface area contributed by atoms with Crippen molar-refractivity contribution < 1.29 is 14.3 Å². The van der Waals surface area contributed by atoms with Crippen LogP contribution in [0, 0.1) is 13.8 Å². The van der Waals surface area contributed by atoms with Crippen molar-refractivity contribution in [3.8, 4) is 0 Å². The Morgan fingerprint density at radius 1 is 0.731 bits per heavy atom. The number of ether oxygens (including phenoxy) is 2. The molecule has 3 heteroatoms. The number of aryl methyl sites for hydroxylation is 4. The predicted octanol–water partition coefficient (Wildman–Crippen LogP) is 5.80. The zero-order chi connectivity index (χ0) is 18.6. The van der Waals surface area contributed by atoms with Gasteiger partial charge in [0.1, 0.15) is 0 Å². The highest BCUT2D eigenvalue weighted by molar-refractivity contribution is 5.59. The molecule has 2 aromatic carbocycles. The van der Waals surface area contributed by atoms with Gasteiger partial charge in [-0.25, -0.2) is 4.79 Å². The second-order valence-electron chi connectivity index (χ2n) is 6.84. The third-order valence-electron chi connectivity index (χ3n) is 4.32. The van der Waals surface area contributed by atoms with Crippen LogP contribution in [-0.2, 0) is 22.3 Å². The van der Waals surface area contributed by atoms with Crippen LogP contribution in [0.25, 0.3) is 0 Å². The minimum atomic E-state index is -0.545. The van der Waals surface area contributed by atoms with Crippen molar-refractivity contribution in [2.24, 2.45) is 0 Å². The van der Waals surface area contributed by atoms with Gasteiger partial charge in [-0.15, -0.1) is 0 Å². The van der Waals surface area contributed by atoms with Crippen LogP contribution in [0.15, 0.2) is 48.5 Å². The van der Waals surface area contributed by atoms with Crippen molar-refractivity contribution in [1.82, 2.24) is 0 Å². The van der Waals surface area contributed by atoms with Gasteiger partial charge in [0.2, 0.25) is 0 Å². The summed E-state index contributed by atoms with van der Waals surface area (Å²) in [6.45, 7) is 5.05. The minimum absolute atomic E-state index is 0.425. The topological polar surface area (TPSA) is 35.5 Å². The summed E-state index contributed by atoms with van der Waals surface area (Å²) >= 11 is 0. The molecule has 0 aliphatic carbocycles. The normalized spacial score (nSPS) is 10.5. The van der Waals surface area contributed by atoms with Gasteiger partial charge in [0.15, 0.2) is 0 Å². The molecule has 0 aromatic heterocycles. The van der Waals surface area contributed by atoms with Crippen LogP contribution >= 0.6 is 0 Å². The zero-order valence-corrected chi connectivity index (χ0v) is 16.0. The van der Waals surface area contributed by atoms with Crippen molar-refractivity contribution in [3.63, 3.8) is 0 Å². The monoisotopic (exact) mass is 354 g/mol. The number of hydrogen-bond donors (Lipinski definition) is 0. The molecule has 0 unspecified atom stereocenters. The molecule has 3 nitrogen and oxygen atoms in total. The number of carbonyl (C=O) groups is 1. The van der Waals surface area contributed by atoms with Gasteiger partial charge in [-0.1, -0.05) is 59.7 Å². The summed E-state index contributed by atoms with van der Waals surface area (Å²) in [4.78, 5) is 11.6. The second kappa shape index (κ2) is 11.3. The van der Waals surface area contributed by atoms with Gasteiger partial charge in [-0.2, -0.15) is 0 Å². The number of rotatable bonds is 10. The fourth-order valence-corrected chi connectivity index (χ4v) is 2.95. The van der Waals surface area contributed by atoms with E-state index < -0.39 is 6.16 Å². The summed E-state index contributed by atoms with van der Waals surface area (Å²) in [5, 5.41) is 0. The fraction of sp³-hybridized carbons (Fsp3) is 0.435. The van der Waals surface area contributed by atoms with Gasteiger partial charge in [-0.3, -0.25) is 0 Å². The van der Waals surface area contributed by atoms with Crippen molar-refractivity contribution >= 4 is 6.16 Å². The van der Waals surface area contributed by atoms with E-state index in [2.05, 4.69) is 62.4 Å². The maximum atomic E-state index is 11.6. The van der Waals surface area contributed by atoms with E-state index in [0.29, 0.717) is 13.2 Å². The molecule has 0 fully saturated rings. The average molecular weight is 354 g/mol. The number of unbranched alkanes of at least 4 members (excludes halogenated alkanes) is 2. The summed E-state index contributed by atoms with van der Waals surface area (Å²) in [5.74, 6) is 0. The minimum Gasteiger partial charge on any atom is -0.434 e. The number of benzene rings is 2. The Labute approximate surface area is 157 Å². The Morgan fingerprint density at radius 2 is 1.19 bits per heavy atom. The molecule has 0 bridgehead atoms. The molecule has 0 aliphatic rings. The lowest BCUT2D eigenvalue weighted by Gasteiger charge is -2.07. The van der Waals surface area contributed by atoms with E-state index in [4.69, 9.17) is 9.47 Å². The van der Waals surface area contributed by atoms with Gasteiger partial charge in [0.05, 0.1) is 13.2 Å². The fourth-order valence-electron chi connectivity index (χ4n) is 2.95. The highest BCUT2D eigenvalue weighted by atomic mass is 16.7. The van der Waals surface area contributed by atoms with Crippen LogP contribution in [0.2, 0.25) is 0 Å². The van der Waals surface area contributed by atoms with Crippen LogP contribution in [-0.4, -0.2) is 19.4 Å². The molecule has 0 saturated carbocycles. The van der Waals surface area contributed by atoms with Crippen molar-refractivity contribution in [2.45, 2.75) is 52.4 Å². The first kappa shape index (κ1) is 20.0. The number of carbonyl (C=O) groups excluding carboxylic acids is 1. The van der Waals surface area contributed by atoms with E-state index in [0.717, 1.165) is 38.5 Å². The molecule has 0 aliphatic heterocycles. The molecule has 26 heavy (non-hydrogen) atoms. The van der Waals surface area contributed by atoms with Gasteiger partial charge in [0.25, 0.3) is 0 Å². The Kier molecular flexibility index (Phi) is 8.74. The SMILES string of the molecule is Cc1cccc(CCCCOC(=O)OCCCCc2cccc(C)c2)c1. The maximum absolute atomic E-state index is 11.6. The Bertz CT molecular complexity index is 621. The number of hydrogen-bond acceptors (Lipinski definition) is 3. The molecular weight excluding hydrogens is 324 g/mol. The molecule has 2 rings (SSSR count). The van der Waals surface area contributed by atoms with Crippen LogP contribution in [0.1, 0.15) is 47.9 Å². The molecule has 0 atom stereocenters. The van der Waals surface area contributed by atoms with Gasteiger partial charge < -0.3 is 9.47 Å². The lowest BCUT2D eigenvalue weighted by atomic mass is 10.1. The Morgan fingerprint density at radius 3 is 1.62 bits per heavy atom. The molecule has 0 radical (unpaired) electrons. The lowest BCUT2D eigenvalue weighted by molar-refractivity contribution is 0.0532. The Balaban J connectivity index is 1.46. The molecule has 0 spiro atoms. The van der Waals surface area contributed by atoms with Crippen molar-refractivity contribution in [1.29, 1.82) is 0 Å². The standard InChI is InChI=1S/C23H30O3/c1-19-9-7-13-21(17-19)11-3-5-15-25-23(24)26-16-6-4-12-22-14-8-10-20(2)18-22/h7-10,13-14,17-18H,3-6,11-12,15-16H2,1-2H3. The molecular formula is C23H30O3. The summed E-state index contributed by atoms with van der Waals surface area (Å²) in [5.41, 5.74) is 5.23. The third kappa shape index (κ3) is 8.19. The molecule has 0 heterocycles. The van der Waals surface area contributed by atoms with Crippen LogP contribution in [0.5, 0.6) is 0 Å². The van der Waals surface area contributed by atoms with E-state index in [1.165, 1.54) is 22.3 Å². The third-order valence-corrected chi connectivity index (χ3v) is 4.32. The van der Waals surface area contributed by atoms with Gasteiger partial charge >= 0.3 is 6.16 Å². The molecule has 2 aromatic rings. The lowest BCUT2D eigenvalue weighted by Crippen LogP contribution is -2.09. The van der Waals surface area contributed by atoms with Crippen molar-refractivity contribution in [2.75, 3.05) is 13.2 Å². The van der Waals surface area contributed by atoms with Crippen molar-refractivity contribution in [3.05, 3.63) is 70.8 Å². The van der Waals surface area contributed by atoms with E-state index in [1.807, 2.05) is 0 Å². The quantitative estimate of drug-likeness (QED) is 0.399. The van der Waals surface area contributed by atoms with Crippen LogP contribution in [0.4, 0.5) is 4.79 Å². The van der Waals surface area contributed by atoms with E-state index >= 15 is 0 Å². The maximum Gasteiger partial charge on any atom is 0.508 e. The summed E-state index contributed by atoms with van der Waals surface area (Å²) < 4.78 is 10.2. The van der Waals surface area contributed by atoms with Crippen LogP contribution < -0.4 is 0 Å². The first-order valence-electron chi connectivity index (χ1n) is 9.54. The zero-order valence-electron chi connectivity index (χ0n) is 16.0. The highest BCUT2D eigenvalue weighted by Gasteiger charge is 2.03. The van der Waals surface area contributed by atoms with Gasteiger partial charge in [-0.05, 0) is 63.5 Å². The molecule has 140 valence electrons. The Hall–Kier alpha value is -2.29. The predicted molar refractivity (Wildman–Crippen MR) is 106 cm³/mol. The van der Waals surface area contributed by atoms with E-state index in [-0.39, 0.29) is 0 Å². The summed E-state index contributed by atoms with van der Waals surface area (Å²) in [7, 11) is 0. The van der Waals surface area contributed by atoms with E-state index in [9.17, 15) is 4.79 Å². The van der Waals surface area contributed by atoms with Crippen LogP contribution in [0.3, 0.4) is 0 Å². The largest absolute Gasteiger partial charge is 0.508 e. The molecule has 0 N–H and O–H groups in total. The second-order valence-corrected chi connectivity index (χ2v) is 6.84. The average Bonchev–Trinajstić information content (AvgIpc) is 2.61. The van der Waals surface area contributed by atoms with Gasteiger partial charge in [0, 0.05) is 0 Å². The smallest absolute Gasteiger partial charge is 0.434 e. The highest BCUT2D eigenvalue weighted by Crippen LogP contribution is 2.09. The van der Waals surface area contributed by atoms with E-state index in [1.54, 1.807) is 0 Å². The molecule has 0 saturated heterocycles. The summed E-state index contributed by atoms with van der Waals surface area (Å²) in [6.07, 6.45) is 5.21. The summed E-state index contributed by atoms with van der Waals surface area (Å²) in [6, 6.07) is 17.0.